The lowest BCUT2D eigenvalue weighted by atomic mass is 9.98. The van der Waals surface area contributed by atoms with Gasteiger partial charge >= 0.3 is 0 Å². The molecule has 2 N–H and O–H groups in total. The Kier molecular flexibility index (Phi) is 4.22. The van der Waals surface area contributed by atoms with E-state index in [-0.39, 0.29) is 0 Å². The molecular weight excluding hydrogens is 294 g/mol. The predicted octanol–water partition coefficient (Wildman–Crippen LogP) is 3.08. The summed E-state index contributed by atoms with van der Waals surface area (Å²) in [4.78, 5) is 8.89. The molecule has 1 fully saturated rings. The van der Waals surface area contributed by atoms with Crippen molar-refractivity contribution in [3.05, 3.63) is 16.5 Å². The fourth-order valence-electron chi connectivity index (χ4n) is 1.80. The average molecular weight is 314 g/mol. The Morgan fingerprint density at radius 1 is 1.39 bits per heavy atom. The first-order chi connectivity index (χ1) is 8.56. The number of nitrogens with one attached hydrogen (secondary N) is 1. The number of hydrogen-bond acceptors (Lipinski definition) is 4. The number of hydrogen-bond donors (Lipinski definition) is 2. The molecule has 2 rings (SSSR count). The zero-order valence-corrected chi connectivity index (χ0v) is 12.5. The molecule has 1 aliphatic rings. The topological polar surface area (TPSA) is 58.0 Å². The van der Waals surface area contributed by atoms with Crippen molar-refractivity contribution in [1.82, 2.24) is 9.97 Å². The molecule has 100 valence electrons. The van der Waals surface area contributed by atoms with Gasteiger partial charge in [0, 0.05) is 18.5 Å². The van der Waals surface area contributed by atoms with Crippen molar-refractivity contribution in [2.75, 3.05) is 11.9 Å². The van der Waals surface area contributed by atoms with Gasteiger partial charge in [0.1, 0.15) is 16.2 Å². The van der Waals surface area contributed by atoms with E-state index in [1.54, 1.807) is 0 Å². The molecule has 0 unspecified atom stereocenters. The smallest absolute Gasteiger partial charge is 0.135 e. The van der Waals surface area contributed by atoms with E-state index in [0.717, 1.165) is 29.1 Å². The Morgan fingerprint density at radius 2 is 2.06 bits per heavy atom. The summed E-state index contributed by atoms with van der Waals surface area (Å²) in [6.07, 6.45) is 3.84. The highest BCUT2D eigenvalue weighted by Gasteiger charge is 2.27. The van der Waals surface area contributed by atoms with Crippen molar-refractivity contribution in [2.24, 2.45) is 0 Å². The van der Waals surface area contributed by atoms with Gasteiger partial charge in [-0.3, -0.25) is 0 Å². The molecule has 0 radical (unpaired) electrons. The van der Waals surface area contributed by atoms with Gasteiger partial charge in [-0.05, 0) is 41.6 Å². The standard InChI is InChI=1S/C13H20BrN3O/c1-3-13(18,4-2)8-15-11-7-10(14)16-12(17-11)9-5-6-9/h7,9,18H,3-6,8H2,1-2H3,(H,15,16,17). The summed E-state index contributed by atoms with van der Waals surface area (Å²) in [5.41, 5.74) is -0.656. The summed E-state index contributed by atoms with van der Waals surface area (Å²) < 4.78 is 0.804. The molecule has 1 heterocycles. The summed E-state index contributed by atoms with van der Waals surface area (Å²) >= 11 is 3.41. The van der Waals surface area contributed by atoms with Gasteiger partial charge in [-0.25, -0.2) is 9.97 Å². The van der Waals surface area contributed by atoms with E-state index in [4.69, 9.17) is 0 Å². The van der Waals surface area contributed by atoms with Crippen LogP contribution in [0.5, 0.6) is 0 Å². The van der Waals surface area contributed by atoms with Crippen molar-refractivity contribution >= 4 is 21.7 Å². The van der Waals surface area contributed by atoms with Crippen molar-refractivity contribution in [1.29, 1.82) is 0 Å². The predicted molar refractivity (Wildman–Crippen MR) is 75.7 cm³/mol. The second-order valence-electron chi connectivity index (χ2n) is 4.99. The third-order valence-electron chi connectivity index (χ3n) is 3.57. The second-order valence-corrected chi connectivity index (χ2v) is 5.81. The van der Waals surface area contributed by atoms with E-state index in [9.17, 15) is 5.11 Å². The van der Waals surface area contributed by atoms with E-state index in [1.165, 1.54) is 12.8 Å². The van der Waals surface area contributed by atoms with Gasteiger partial charge in [-0.1, -0.05) is 13.8 Å². The maximum absolute atomic E-state index is 10.2. The van der Waals surface area contributed by atoms with Gasteiger partial charge in [-0.2, -0.15) is 0 Å². The number of anilines is 1. The van der Waals surface area contributed by atoms with E-state index >= 15 is 0 Å². The minimum Gasteiger partial charge on any atom is -0.388 e. The summed E-state index contributed by atoms with van der Waals surface area (Å²) in [5, 5.41) is 13.5. The Bertz CT molecular complexity index is 417. The van der Waals surface area contributed by atoms with Crippen LogP contribution in [-0.2, 0) is 0 Å². The molecule has 0 spiro atoms. The summed E-state index contributed by atoms with van der Waals surface area (Å²) in [6.45, 7) is 4.51. The maximum atomic E-state index is 10.2. The lowest BCUT2D eigenvalue weighted by molar-refractivity contribution is 0.0456. The number of halogens is 1. The maximum Gasteiger partial charge on any atom is 0.135 e. The summed E-state index contributed by atoms with van der Waals surface area (Å²) in [5.74, 6) is 2.22. The molecule has 1 aliphatic carbocycles. The quantitative estimate of drug-likeness (QED) is 0.792. The first kappa shape index (κ1) is 13.7. The van der Waals surface area contributed by atoms with Crippen LogP contribution in [0.25, 0.3) is 0 Å². The SMILES string of the molecule is CCC(O)(CC)CNc1cc(Br)nc(C2CC2)n1. The van der Waals surface area contributed by atoms with Crippen molar-refractivity contribution in [3.63, 3.8) is 0 Å². The van der Waals surface area contributed by atoms with Gasteiger partial charge in [0.25, 0.3) is 0 Å². The van der Waals surface area contributed by atoms with Gasteiger partial charge in [0.2, 0.25) is 0 Å². The Hall–Kier alpha value is -0.680. The van der Waals surface area contributed by atoms with E-state index in [2.05, 4.69) is 31.2 Å². The lowest BCUT2D eigenvalue weighted by Gasteiger charge is -2.25. The van der Waals surface area contributed by atoms with Gasteiger partial charge in [0.05, 0.1) is 5.60 Å². The average Bonchev–Trinajstić information content (AvgIpc) is 3.19. The van der Waals surface area contributed by atoms with Crippen LogP contribution in [0.15, 0.2) is 10.7 Å². The zero-order chi connectivity index (χ0) is 13.2. The van der Waals surface area contributed by atoms with Crippen LogP contribution in [0.4, 0.5) is 5.82 Å². The minimum atomic E-state index is -0.656. The fraction of sp³-hybridized carbons (Fsp3) is 0.692. The first-order valence-corrected chi connectivity index (χ1v) is 7.36. The van der Waals surface area contributed by atoms with Crippen molar-refractivity contribution < 1.29 is 5.11 Å². The molecule has 0 amide bonds. The molecule has 18 heavy (non-hydrogen) atoms. The van der Waals surface area contributed by atoms with Crippen molar-refractivity contribution in [2.45, 2.75) is 51.0 Å². The highest BCUT2D eigenvalue weighted by Crippen LogP contribution is 2.38. The number of aromatic nitrogens is 2. The van der Waals surface area contributed by atoms with Crippen LogP contribution in [0.2, 0.25) is 0 Å². The molecule has 0 saturated heterocycles. The van der Waals surface area contributed by atoms with Gasteiger partial charge in [-0.15, -0.1) is 0 Å². The Balaban J connectivity index is 2.04. The molecule has 4 nitrogen and oxygen atoms in total. The zero-order valence-electron chi connectivity index (χ0n) is 10.9. The number of rotatable bonds is 6. The number of nitrogens with zero attached hydrogens (tertiary/aromatic N) is 2. The molecule has 0 aromatic carbocycles. The Morgan fingerprint density at radius 3 is 2.61 bits per heavy atom. The second kappa shape index (κ2) is 5.53. The fourth-order valence-corrected chi connectivity index (χ4v) is 2.20. The summed E-state index contributed by atoms with van der Waals surface area (Å²) in [7, 11) is 0. The molecule has 5 heteroatoms. The van der Waals surface area contributed by atoms with E-state index in [0.29, 0.717) is 12.5 Å². The molecule has 1 aromatic rings. The highest BCUT2D eigenvalue weighted by molar-refractivity contribution is 9.10. The molecule has 0 bridgehead atoms. The monoisotopic (exact) mass is 313 g/mol. The normalized spacial score (nSPS) is 15.8. The minimum absolute atomic E-state index is 0.521. The highest BCUT2D eigenvalue weighted by atomic mass is 79.9. The van der Waals surface area contributed by atoms with Crippen LogP contribution in [-0.4, -0.2) is 27.2 Å². The number of aliphatic hydroxyl groups is 1. The van der Waals surface area contributed by atoms with Crippen molar-refractivity contribution in [3.8, 4) is 0 Å². The third kappa shape index (κ3) is 3.42. The lowest BCUT2D eigenvalue weighted by Crippen LogP contribution is -2.35. The van der Waals surface area contributed by atoms with Gasteiger partial charge < -0.3 is 10.4 Å². The van der Waals surface area contributed by atoms with E-state index in [1.807, 2.05) is 19.9 Å². The largest absolute Gasteiger partial charge is 0.388 e. The van der Waals surface area contributed by atoms with Crippen LogP contribution in [0.3, 0.4) is 0 Å². The van der Waals surface area contributed by atoms with Crippen LogP contribution >= 0.6 is 15.9 Å². The van der Waals surface area contributed by atoms with Crippen LogP contribution in [0, 0.1) is 0 Å². The van der Waals surface area contributed by atoms with Crippen LogP contribution < -0.4 is 5.32 Å². The van der Waals surface area contributed by atoms with E-state index < -0.39 is 5.60 Å². The molecule has 0 aliphatic heterocycles. The molecular formula is C13H20BrN3O. The Labute approximate surface area is 116 Å². The molecule has 0 atom stereocenters. The first-order valence-electron chi connectivity index (χ1n) is 6.57. The third-order valence-corrected chi connectivity index (χ3v) is 3.98. The van der Waals surface area contributed by atoms with Crippen LogP contribution in [0.1, 0.15) is 51.3 Å². The molecule has 1 aromatic heterocycles. The molecule has 1 saturated carbocycles. The van der Waals surface area contributed by atoms with Gasteiger partial charge in [0.15, 0.2) is 0 Å². The summed E-state index contributed by atoms with van der Waals surface area (Å²) in [6, 6.07) is 1.86.